The molecule has 166 valence electrons. The van der Waals surface area contributed by atoms with E-state index in [4.69, 9.17) is 5.73 Å². The number of benzene rings is 1. The Bertz CT molecular complexity index is 898. The Hall–Kier alpha value is -2.25. The van der Waals surface area contributed by atoms with Crippen LogP contribution < -0.4 is 16.4 Å². The molecule has 7 nitrogen and oxygen atoms in total. The van der Waals surface area contributed by atoms with E-state index in [2.05, 4.69) is 10.6 Å². The van der Waals surface area contributed by atoms with E-state index in [-0.39, 0.29) is 24.1 Å². The molecule has 0 aromatic heterocycles. The molecule has 1 atom stereocenters. The molecular formula is C24H32N4O3. The van der Waals surface area contributed by atoms with Gasteiger partial charge in [0.05, 0.1) is 0 Å². The summed E-state index contributed by atoms with van der Waals surface area (Å²) in [7, 11) is 0. The van der Waals surface area contributed by atoms with Gasteiger partial charge in [0.2, 0.25) is 11.8 Å². The largest absolute Gasteiger partial charge is 0.328 e. The fraction of sp³-hybridized carbons (Fsp3) is 0.625. The van der Waals surface area contributed by atoms with Gasteiger partial charge < -0.3 is 16.0 Å². The maximum Gasteiger partial charge on any atom is 0.255 e. The van der Waals surface area contributed by atoms with Crippen LogP contribution in [0.25, 0.3) is 0 Å². The highest BCUT2D eigenvalue weighted by Crippen LogP contribution is 2.52. The molecule has 0 radical (unpaired) electrons. The van der Waals surface area contributed by atoms with E-state index in [0.717, 1.165) is 23.2 Å². The van der Waals surface area contributed by atoms with Crippen molar-refractivity contribution in [2.75, 3.05) is 6.54 Å². The first-order valence-electron chi connectivity index (χ1n) is 11.7. The first-order chi connectivity index (χ1) is 14.9. The number of carbonyl (C=O) groups is 3. The van der Waals surface area contributed by atoms with Crippen LogP contribution in [-0.2, 0) is 22.7 Å². The Labute approximate surface area is 183 Å². The van der Waals surface area contributed by atoms with Gasteiger partial charge in [0.15, 0.2) is 0 Å². The minimum atomic E-state index is -0.562. The third kappa shape index (κ3) is 3.89. The molecule has 4 aliphatic rings. The van der Waals surface area contributed by atoms with Crippen LogP contribution in [-0.4, -0.2) is 41.2 Å². The summed E-state index contributed by atoms with van der Waals surface area (Å²) in [6, 6.07) is 5.82. The van der Waals surface area contributed by atoms with Crippen molar-refractivity contribution in [1.82, 2.24) is 15.5 Å². The zero-order valence-electron chi connectivity index (χ0n) is 18.0. The van der Waals surface area contributed by atoms with Crippen molar-refractivity contribution in [3.63, 3.8) is 0 Å². The van der Waals surface area contributed by atoms with Crippen molar-refractivity contribution in [3.05, 3.63) is 34.9 Å². The molecule has 31 heavy (non-hydrogen) atoms. The Morgan fingerprint density at radius 3 is 2.61 bits per heavy atom. The number of hydrogen-bond donors (Lipinski definition) is 3. The number of amides is 3. The molecule has 2 aliphatic heterocycles. The van der Waals surface area contributed by atoms with Crippen molar-refractivity contribution in [1.29, 1.82) is 0 Å². The second-order valence-corrected chi connectivity index (χ2v) is 10.1. The van der Waals surface area contributed by atoms with E-state index in [1.54, 1.807) is 4.90 Å². The summed E-state index contributed by atoms with van der Waals surface area (Å²) in [4.78, 5) is 38.5. The minimum Gasteiger partial charge on any atom is -0.328 e. The second-order valence-electron chi connectivity index (χ2n) is 10.1. The summed E-state index contributed by atoms with van der Waals surface area (Å²) in [6.07, 6.45) is 8.19. The number of imide groups is 1. The lowest BCUT2D eigenvalue weighted by Crippen LogP contribution is -2.52. The zero-order valence-corrected chi connectivity index (χ0v) is 18.0. The summed E-state index contributed by atoms with van der Waals surface area (Å²) in [5, 5.41) is 5.95. The second kappa shape index (κ2) is 8.02. The molecule has 3 fully saturated rings. The highest BCUT2D eigenvalue weighted by atomic mass is 16.2. The SMILES string of the molecule is NC1CC2(CCC(CNCc3cccc4c3C(=O)N(C3CCC(=O)NC3=O)C4)CC2)C1. The topological polar surface area (TPSA) is 105 Å². The summed E-state index contributed by atoms with van der Waals surface area (Å²) < 4.78 is 0. The number of nitrogens with one attached hydrogen (secondary N) is 2. The zero-order chi connectivity index (χ0) is 21.6. The number of rotatable bonds is 5. The van der Waals surface area contributed by atoms with Gasteiger partial charge in [0.25, 0.3) is 5.91 Å². The predicted octanol–water partition coefficient (Wildman–Crippen LogP) is 1.83. The number of piperidine rings is 1. The van der Waals surface area contributed by atoms with Crippen molar-refractivity contribution < 1.29 is 14.4 Å². The number of nitrogens with zero attached hydrogens (tertiary/aromatic N) is 1. The molecule has 7 heteroatoms. The summed E-state index contributed by atoms with van der Waals surface area (Å²) in [5.74, 6) is -0.0265. The average Bonchev–Trinajstić information content (AvgIpc) is 3.06. The summed E-state index contributed by atoms with van der Waals surface area (Å²) >= 11 is 0. The van der Waals surface area contributed by atoms with E-state index in [9.17, 15) is 14.4 Å². The number of fused-ring (bicyclic) bond motifs is 1. The molecule has 2 saturated carbocycles. The number of nitrogens with two attached hydrogens (primary N) is 1. The maximum atomic E-state index is 13.2. The van der Waals surface area contributed by atoms with Crippen LogP contribution in [0.15, 0.2) is 18.2 Å². The molecule has 1 saturated heterocycles. The molecule has 5 rings (SSSR count). The van der Waals surface area contributed by atoms with Gasteiger partial charge in [-0.2, -0.15) is 0 Å². The maximum absolute atomic E-state index is 13.2. The summed E-state index contributed by atoms with van der Waals surface area (Å²) in [6.45, 7) is 2.06. The van der Waals surface area contributed by atoms with Gasteiger partial charge in [-0.3, -0.25) is 19.7 Å². The van der Waals surface area contributed by atoms with Crippen molar-refractivity contribution in [2.24, 2.45) is 17.1 Å². The van der Waals surface area contributed by atoms with Crippen LogP contribution in [0.3, 0.4) is 0 Å². The Balaban J connectivity index is 1.18. The third-order valence-electron chi connectivity index (χ3n) is 7.94. The van der Waals surface area contributed by atoms with E-state index in [1.807, 2.05) is 18.2 Å². The smallest absolute Gasteiger partial charge is 0.255 e. The first-order valence-corrected chi connectivity index (χ1v) is 11.7. The van der Waals surface area contributed by atoms with E-state index < -0.39 is 6.04 Å². The van der Waals surface area contributed by atoms with Crippen molar-refractivity contribution in [2.45, 2.75) is 76.5 Å². The van der Waals surface area contributed by atoms with E-state index >= 15 is 0 Å². The first kappa shape index (κ1) is 20.6. The molecule has 1 unspecified atom stereocenters. The van der Waals surface area contributed by atoms with E-state index in [0.29, 0.717) is 36.9 Å². The van der Waals surface area contributed by atoms with Crippen LogP contribution >= 0.6 is 0 Å². The quantitative estimate of drug-likeness (QED) is 0.626. The Morgan fingerprint density at radius 1 is 1.13 bits per heavy atom. The minimum absolute atomic E-state index is 0.0946. The fourth-order valence-electron chi connectivity index (χ4n) is 6.20. The molecular weight excluding hydrogens is 392 g/mol. The standard InChI is InChI=1S/C24H32N4O3/c25-18-10-24(11-18)8-6-15(7-9-24)12-26-13-16-2-1-3-17-14-28(23(31)21(16)17)19-4-5-20(29)27-22(19)30/h1-3,15,18-19,26H,4-14,25H2,(H,27,29,30). The van der Waals surface area contributed by atoms with Crippen molar-refractivity contribution >= 4 is 17.7 Å². The lowest BCUT2D eigenvalue weighted by molar-refractivity contribution is -0.136. The number of carbonyl (C=O) groups excluding carboxylic acids is 3. The molecule has 3 amide bonds. The number of hydrogen-bond acceptors (Lipinski definition) is 5. The van der Waals surface area contributed by atoms with Gasteiger partial charge in [-0.05, 0) is 74.0 Å². The summed E-state index contributed by atoms with van der Waals surface area (Å²) in [5.41, 5.74) is 9.24. The molecule has 1 aromatic rings. The molecule has 1 spiro atoms. The highest BCUT2D eigenvalue weighted by molar-refractivity contribution is 6.05. The van der Waals surface area contributed by atoms with Crippen molar-refractivity contribution in [3.8, 4) is 0 Å². The molecule has 2 heterocycles. The Morgan fingerprint density at radius 2 is 1.90 bits per heavy atom. The third-order valence-corrected chi connectivity index (χ3v) is 7.94. The van der Waals surface area contributed by atoms with Gasteiger partial charge in [0, 0.05) is 31.1 Å². The monoisotopic (exact) mass is 424 g/mol. The van der Waals surface area contributed by atoms with Gasteiger partial charge >= 0.3 is 0 Å². The molecule has 0 bridgehead atoms. The molecule has 1 aromatic carbocycles. The van der Waals surface area contributed by atoms with Crippen LogP contribution in [0.1, 0.15) is 72.9 Å². The van der Waals surface area contributed by atoms with Crippen LogP contribution in [0.4, 0.5) is 0 Å². The van der Waals surface area contributed by atoms with Gasteiger partial charge in [0.1, 0.15) is 6.04 Å². The lowest BCUT2D eigenvalue weighted by atomic mass is 9.57. The highest BCUT2D eigenvalue weighted by Gasteiger charge is 2.44. The van der Waals surface area contributed by atoms with E-state index in [1.165, 1.54) is 38.5 Å². The lowest BCUT2D eigenvalue weighted by Gasteiger charge is -2.50. The predicted molar refractivity (Wildman–Crippen MR) is 116 cm³/mol. The van der Waals surface area contributed by atoms with Gasteiger partial charge in [-0.1, -0.05) is 18.2 Å². The van der Waals surface area contributed by atoms with Gasteiger partial charge in [-0.25, -0.2) is 0 Å². The normalized spacial score (nSPS) is 32.7. The van der Waals surface area contributed by atoms with Crippen LogP contribution in [0.2, 0.25) is 0 Å². The molecule has 4 N–H and O–H groups in total. The molecule has 2 aliphatic carbocycles. The Kier molecular flexibility index (Phi) is 5.34. The fourth-order valence-corrected chi connectivity index (χ4v) is 6.20. The van der Waals surface area contributed by atoms with Crippen LogP contribution in [0.5, 0.6) is 0 Å². The van der Waals surface area contributed by atoms with Gasteiger partial charge in [-0.15, -0.1) is 0 Å². The average molecular weight is 425 g/mol. The van der Waals surface area contributed by atoms with Crippen LogP contribution in [0, 0.1) is 11.3 Å².